The Morgan fingerprint density at radius 3 is 2.86 bits per heavy atom. The van der Waals surface area contributed by atoms with E-state index in [1.807, 2.05) is 25.1 Å². The molecule has 0 spiro atoms. The summed E-state index contributed by atoms with van der Waals surface area (Å²) in [5.41, 5.74) is 1.27. The summed E-state index contributed by atoms with van der Waals surface area (Å²) in [5.74, 6) is 0.632. The Balaban J connectivity index is 2.28. The van der Waals surface area contributed by atoms with E-state index >= 15 is 0 Å². The zero-order chi connectivity index (χ0) is 15.0. The van der Waals surface area contributed by atoms with Crippen LogP contribution in [-0.4, -0.2) is 33.6 Å². The number of anilines is 1. The maximum absolute atomic E-state index is 12.3. The van der Waals surface area contributed by atoms with Gasteiger partial charge in [-0.15, -0.1) is 0 Å². The van der Waals surface area contributed by atoms with Crippen molar-refractivity contribution in [2.24, 2.45) is 0 Å². The molecule has 3 aromatic rings. The van der Waals surface area contributed by atoms with Crippen LogP contribution in [0.3, 0.4) is 0 Å². The molecule has 0 saturated heterocycles. The highest BCUT2D eigenvalue weighted by atomic mass is 35.5. The normalized spacial score (nSPS) is 11.0. The Bertz CT molecular complexity index is 838. The van der Waals surface area contributed by atoms with Crippen LogP contribution < -0.4 is 10.6 Å². The summed E-state index contributed by atoms with van der Waals surface area (Å²) < 4.78 is 1.59. The fraction of sp³-hybridized carbons (Fsp3) is 0.214. The number of fused-ring (bicyclic) bond motifs is 1. The van der Waals surface area contributed by atoms with E-state index in [2.05, 4.69) is 15.0 Å². The molecule has 108 valence electrons. The lowest BCUT2D eigenvalue weighted by atomic mass is 10.2. The molecule has 0 aliphatic heterocycles. The molecule has 1 aromatic carbocycles. The molecule has 0 aliphatic carbocycles. The maximum Gasteiger partial charge on any atom is 0.350 e. The standard InChI is InChI=1S/C14H14ClN5O/c1-19(2)13-11-4-3-9(15)5-12(11)20(14(21)18-13)7-10-6-16-8-17-10/h3-6,8H,7H2,1-2H3,(H,16,17). The van der Waals surface area contributed by atoms with Crippen molar-refractivity contribution in [3.8, 4) is 0 Å². The van der Waals surface area contributed by atoms with Crippen LogP contribution in [0.5, 0.6) is 0 Å². The van der Waals surface area contributed by atoms with E-state index in [1.54, 1.807) is 29.2 Å². The molecule has 21 heavy (non-hydrogen) atoms. The van der Waals surface area contributed by atoms with Crippen molar-refractivity contribution in [1.29, 1.82) is 0 Å². The molecule has 2 aromatic heterocycles. The van der Waals surface area contributed by atoms with E-state index in [0.717, 1.165) is 16.6 Å². The van der Waals surface area contributed by atoms with Gasteiger partial charge >= 0.3 is 5.69 Å². The molecule has 1 N–H and O–H groups in total. The van der Waals surface area contributed by atoms with Crippen LogP contribution >= 0.6 is 11.6 Å². The lowest BCUT2D eigenvalue weighted by Gasteiger charge is -2.17. The second-order valence-corrected chi connectivity index (χ2v) is 5.37. The van der Waals surface area contributed by atoms with Gasteiger partial charge < -0.3 is 9.88 Å². The maximum atomic E-state index is 12.3. The number of hydrogen-bond acceptors (Lipinski definition) is 4. The molecule has 0 amide bonds. The summed E-state index contributed by atoms with van der Waals surface area (Å²) in [7, 11) is 3.71. The molecule has 2 heterocycles. The minimum absolute atomic E-state index is 0.317. The first-order chi connectivity index (χ1) is 10.1. The van der Waals surface area contributed by atoms with Crippen LogP contribution in [0, 0.1) is 0 Å². The van der Waals surface area contributed by atoms with Crippen LogP contribution in [0.2, 0.25) is 5.02 Å². The molecule has 0 atom stereocenters. The van der Waals surface area contributed by atoms with Gasteiger partial charge in [-0.25, -0.2) is 9.78 Å². The third kappa shape index (κ3) is 2.50. The zero-order valence-corrected chi connectivity index (χ0v) is 12.4. The van der Waals surface area contributed by atoms with Gasteiger partial charge in [0.25, 0.3) is 0 Å². The monoisotopic (exact) mass is 303 g/mol. The summed E-state index contributed by atoms with van der Waals surface area (Å²) in [5, 5.41) is 1.46. The third-order valence-electron chi connectivity index (χ3n) is 3.23. The average molecular weight is 304 g/mol. The van der Waals surface area contributed by atoms with E-state index < -0.39 is 0 Å². The van der Waals surface area contributed by atoms with Gasteiger partial charge in [-0.3, -0.25) is 4.57 Å². The number of hydrogen-bond donors (Lipinski definition) is 1. The lowest BCUT2D eigenvalue weighted by molar-refractivity contribution is 0.745. The average Bonchev–Trinajstić information content (AvgIpc) is 2.94. The van der Waals surface area contributed by atoms with Gasteiger partial charge in [-0.2, -0.15) is 4.98 Å². The molecule has 0 unspecified atom stereocenters. The predicted octanol–water partition coefficient (Wildman–Crippen LogP) is 1.89. The number of rotatable bonds is 3. The summed E-state index contributed by atoms with van der Waals surface area (Å²) in [6, 6.07) is 5.45. The first-order valence-corrected chi connectivity index (χ1v) is 6.79. The highest BCUT2D eigenvalue weighted by Gasteiger charge is 2.13. The first kappa shape index (κ1) is 13.6. The van der Waals surface area contributed by atoms with Crippen molar-refractivity contribution in [1.82, 2.24) is 19.5 Å². The molecule has 0 aliphatic rings. The summed E-state index contributed by atoms with van der Waals surface area (Å²) in [6.07, 6.45) is 3.26. The van der Waals surface area contributed by atoms with Gasteiger partial charge in [0, 0.05) is 30.7 Å². The molecule has 7 heteroatoms. The molecule has 0 bridgehead atoms. The van der Waals surface area contributed by atoms with Crippen molar-refractivity contribution in [2.75, 3.05) is 19.0 Å². The van der Waals surface area contributed by atoms with Gasteiger partial charge in [0.05, 0.1) is 24.1 Å². The number of imidazole rings is 1. The lowest BCUT2D eigenvalue weighted by Crippen LogP contribution is -2.27. The SMILES string of the molecule is CN(C)c1nc(=O)n(Cc2cnc[nH]2)c2cc(Cl)ccc12. The molecule has 0 fully saturated rings. The van der Waals surface area contributed by atoms with Crippen LogP contribution in [0.15, 0.2) is 35.5 Å². The van der Waals surface area contributed by atoms with Crippen molar-refractivity contribution in [3.63, 3.8) is 0 Å². The van der Waals surface area contributed by atoms with Gasteiger partial charge in [-0.1, -0.05) is 11.6 Å². The Morgan fingerprint density at radius 1 is 1.38 bits per heavy atom. The highest BCUT2D eigenvalue weighted by molar-refractivity contribution is 6.31. The second kappa shape index (κ2) is 5.21. The van der Waals surface area contributed by atoms with Crippen LogP contribution in [-0.2, 0) is 6.54 Å². The van der Waals surface area contributed by atoms with Crippen molar-refractivity contribution in [3.05, 3.63) is 51.9 Å². The van der Waals surface area contributed by atoms with Crippen molar-refractivity contribution >= 4 is 28.3 Å². The number of aromatic amines is 1. The third-order valence-corrected chi connectivity index (χ3v) is 3.47. The summed E-state index contributed by atoms with van der Waals surface area (Å²) >= 11 is 6.09. The smallest absolute Gasteiger partial charge is 0.350 e. The highest BCUT2D eigenvalue weighted by Crippen LogP contribution is 2.24. The van der Waals surface area contributed by atoms with Gasteiger partial charge in [0.15, 0.2) is 0 Å². The Hall–Kier alpha value is -2.34. The van der Waals surface area contributed by atoms with Crippen LogP contribution in [0.1, 0.15) is 5.69 Å². The van der Waals surface area contributed by atoms with Gasteiger partial charge in [0.2, 0.25) is 0 Å². The van der Waals surface area contributed by atoms with Crippen molar-refractivity contribution in [2.45, 2.75) is 6.54 Å². The largest absolute Gasteiger partial charge is 0.362 e. The van der Waals surface area contributed by atoms with Crippen LogP contribution in [0.25, 0.3) is 10.9 Å². The molecular formula is C14H14ClN5O. The summed E-state index contributed by atoms with van der Waals surface area (Å²) in [6.45, 7) is 0.371. The van der Waals surface area contributed by atoms with E-state index in [-0.39, 0.29) is 5.69 Å². The molecule has 6 nitrogen and oxygen atoms in total. The number of nitrogens with zero attached hydrogens (tertiary/aromatic N) is 4. The number of benzene rings is 1. The number of H-pyrrole nitrogens is 1. The molecule has 0 radical (unpaired) electrons. The van der Waals surface area contributed by atoms with E-state index in [9.17, 15) is 4.79 Å². The quantitative estimate of drug-likeness (QED) is 0.802. The Morgan fingerprint density at radius 2 is 2.19 bits per heavy atom. The number of halogens is 1. The first-order valence-electron chi connectivity index (χ1n) is 6.41. The fourth-order valence-electron chi connectivity index (χ4n) is 2.27. The van der Waals surface area contributed by atoms with Gasteiger partial charge in [-0.05, 0) is 18.2 Å². The minimum Gasteiger partial charge on any atom is -0.362 e. The molecule has 3 rings (SSSR count). The zero-order valence-electron chi connectivity index (χ0n) is 11.7. The number of nitrogens with one attached hydrogen (secondary N) is 1. The second-order valence-electron chi connectivity index (χ2n) is 4.94. The predicted molar refractivity (Wildman–Crippen MR) is 83.0 cm³/mol. The minimum atomic E-state index is -0.317. The fourth-order valence-corrected chi connectivity index (χ4v) is 2.43. The molecule has 0 saturated carbocycles. The van der Waals surface area contributed by atoms with Crippen LogP contribution in [0.4, 0.5) is 5.82 Å². The van der Waals surface area contributed by atoms with Crippen molar-refractivity contribution < 1.29 is 0 Å². The Labute approximate surface area is 126 Å². The number of aromatic nitrogens is 4. The van der Waals surface area contributed by atoms with Gasteiger partial charge in [0.1, 0.15) is 5.82 Å². The van der Waals surface area contributed by atoms with E-state index in [4.69, 9.17) is 11.6 Å². The Kier molecular flexibility index (Phi) is 3.39. The van der Waals surface area contributed by atoms with E-state index in [1.165, 1.54) is 0 Å². The van der Waals surface area contributed by atoms with E-state index in [0.29, 0.717) is 17.4 Å². The molecular weight excluding hydrogens is 290 g/mol. The summed E-state index contributed by atoms with van der Waals surface area (Å²) in [4.78, 5) is 25.3. The topological polar surface area (TPSA) is 66.8 Å².